The van der Waals surface area contributed by atoms with Crippen molar-refractivity contribution in [3.8, 4) is 33.4 Å². The van der Waals surface area contributed by atoms with Crippen LogP contribution in [0.25, 0.3) is 33.4 Å². The summed E-state index contributed by atoms with van der Waals surface area (Å²) in [4.78, 5) is 0. The SMILES string of the molecule is Clc1ccc(-c2ccc(-c3cccc4c3-c3ccc(Br)cc3C4)cc2)cc1. The normalized spacial score (nSPS) is 11.9. The minimum atomic E-state index is 0.764. The lowest BCUT2D eigenvalue weighted by Crippen LogP contribution is -1.86. The second-order valence-corrected chi connectivity index (χ2v) is 8.25. The average molecular weight is 432 g/mol. The van der Waals surface area contributed by atoms with Crippen LogP contribution in [0.15, 0.2) is 89.4 Å². The van der Waals surface area contributed by atoms with Crippen molar-refractivity contribution >= 4 is 27.5 Å². The molecule has 0 nitrogen and oxygen atoms in total. The molecule has 0 spiro atoms. The fourth-order valence-electron chi connectivity index (χ4n) is 3.95. The van der Waals surface area contributed by atoms with Gasteiger partial charge in [0.1, 0.15) is 0 Å². The minimum Gasteiger partial charge on any atom is -0.0843 e. The highest BCUT2D eigenvalue weighted by molar-refractivity contribution is 9.10. The van der Waals surface area contributed by atoms with Crippen LogP contribution in [0.4, 0.5) is 0 Å². The molecule has 27 heavy (non-hydrogen) atoms. The van der Waals surface area contributed by atoms with Crippen molar-refractivity contribution in [2.24, 2.45) is 0 Å². The van der Waals surface area contributed by atoms with Crippen LogP contribution in [-0.4, -0.2) is 0 Å². The van der Waals surface area contributed by atoms with Crippen LogP contribution in [0.3, 0.4) is 0 Å². The Labute approximate surface area is 172 Å². The summed E-state index contributed by atoms with van der Waals surface area (Å²) in [7, 11) is 0. The molecule has 0 bridgehead atoms. The molecule has 0 N–H and O–H groups in total. The van der Waals surface area contributed by atoms with Gasteiger partial charge >= 0.3 is 0 Å². The molecule has 0 saturated carbocycles. The fourth-order valence-corrected chi connectivity index (χ4v) is 4.48. The number of fused-ring (bicyclic) bond motifs is 3. The molecule has 0 amide bonds. The van der Waals surface area contributed by atoms with Crippen LogP contribution in [-0.2, 0) is 6.42 Å². The molecule has 130 valence electrons. The van der Waals surface area contributed by atoms with Gasteiger partial charge in [-0.05, 0) is 75.2 Å². The summed E-state index contributed by atoms with van der Waals surface area (Å²) < 4.78 is 1.14. The lowest BCUT2D eigenvalue weighted by molar-refractivity contribution is 1.26. The van der Waals surface area contributed by atoms with E-state index in [4.69, 9.17) is 11.6 Å². The zero-order valence-corrected chi connectivity index (χ0v) is 16.9. The Kier molecular flexibility index (Phi) is 4.15. The summed E-state index contributed by atoms with van der Waals surface area (Å²) in [6.07, 6.45) is 1.00. The van der Waals surface area contributed by atoms with E-state index in [0.29, 0.717) is 0 Å². The maximum atomic E-state index is 6.01. The molecule has 1 aliphatic rings. The molecule has 0 aliphatic heterocycles. The van der Waals surface area contributed by atoms with Crippen molar-refractivity contribution in [1.29, 1.82) is 0 Å². The van der Waals surface area contributed by atoms with E-state index in [0.717, 1.165) is 15.9 Å². The van der Waals surface area contributed by atoms with Gasteiger partial charge in [-0.15, -0.1) is 0 Å². The zero-order chi connectivity index (χ0) is 18.4. The van der Waals surface area contributed by atoms with Crippen LogP contribution in [0, 0.1) is 0 Å². The van der Waals surface area contributed by atoms with Crippen molar-refractivity contribution in [1.82, 2.24) is 0 Å². The first-order chi connectivity index (χ1) is 13.2. The van der Waals surface area contributed by atoms with Gasteiger partial charge in [0, 0.05) is 9.50 Å². The van der Waals surface area contributed by atoms with Gasteiger partial charge in [-0.1, -0.05) is 88.2 Å². The number of hydrogen-bond acceptors (Lipinski definition) is 0. The molecule has 2 heteroatoms. The molecule has 4 aromatic rings. The van der Waals surface area contributed by atoms with E-state index < -0.39 is 0 Å². The molecule has 0 fully saturated rings. The van der Waals surface area contributed by atoms with E-state index >= 15 is 0 Å². The molecule has 5 rings (SSSR count). The number of rotatable bonds is 2. The lowest BCUT2D eigenvalue weighted by Gasteiger charge is -2.11. The second kappa shape index (κ2) is 6.67. The van der Waals surface area contributed by atoms with Crippen molar-refractivity contribution < 1.29 is 0 Å². The third-order valence-corrected chi connectivity index (χ3v) is 5.99. The quantitative estimate of drug-likeness (QED) is 0.265. The molecular weight excluding hydrogens is 416 g/mol. The first kappa shape index (κ1) is 16.8. The summed E-state index contributed by atoms with van der Waals surface area (Å²) in [5.74, 6) is 0. The van der Waals surface area contributed by atoms with E-state index in [1.54, 1.807) is 0 Å². The van der Waals surface area contributed by atoms with Gasteiger partial charge in [0.05, 0.1) is 0 Å². The summed E-state index contributed by atoms with van der Waals surface area (Å²) in [5, 5.41) is 0.764. The topological polar surface area (TPSA) is 0 Å². The zero-order valence-electron chi connectivity index (χ0n) is 14.5. The van der Waals surface area contributed by atoms with Crippen molar-refractivity contribution in [3.05, 3.63) is 106 Å². The molecule has 0 atom stereocenters. The third kappa shape index (κ3) is 3.01. The Morgan fingerprint density at radius 2 is 1.30 bits per heavy atom. The summed E-state index contributed by atoms with van der Waals surface area (Å²) in [6.45, 7) is 0. The number of hydrogen-bond donors (Lipinski definition) is 0. The van der Waals surface area contributed by atoms with E-state index in [9.17, 15) is 0 Å². The van der Waals surface area contributed by atoms with Crippen LogP contribution in [0.1, 0.15) is 11.1 Å². The van der Waals surface area contributed by atoms with Crippen molar-refractivity contribution in [2.45, 2.75) is 6.42 Å². The molecule has 4 aromatic carbocycles. The Hall–Kier alpha value is -2.35. The Morgan fingerprint density at radius 1 is 0.630 bits per heavy atom. The van der Waals surface area contributed by atoms with Gasteiger partial charge in [-0.2, -0.15) is 0 Å². The monoisotopic (exact) mass is 430 g/mol. The smallest absolute Gasteiger partial charge is 0.0406 e. The Bertz CT molecular complexity index is 1140. The molecule has 0 saturated heterocycles. The summed E-state index contributed by atoms with van der Waals surface area (Å²) >= 11 is 9.61. The lowest BCUT2D eigenvalue weighted by atomic mass is 9.93. The van der Waals surface area contributed by atoms with Gasteiger partial charge in [-0.25, -0.2) is 0 Å². The summed E-state index contributed by atoms with van der Waals surface area (Å²) in [5.41, 5.74) is 10.5. The molecular formula is C25H16BrCl. The van der Waals surface area contributed by atoms with Gasteiger partial charge in [0.25, 0.3) is 0 Å². The highest BCUT2D eigenvalue weighted by atomic mass is 79.9. The largest absolute Gasteiger partial charge is 0.0843 e. The number of benzene rings is 4. The maximum Gasteiger partial charge on any atom is 0.0406 e. The molecule has 0 heterocycles. The van der Waals surface area contributed by atoms with Gasteiger partial charge in [0.15, 0.2) is 0 Å². The van der Waals surface area contributed by atoms with Crippen LogP contribution >= 0.6 is 27.5 Å². The summed E-state index contributed by atoms with van der Waals surface area (Å²) in [6, 6.07) is 30.1. The van der Waals surface area contributed by atoms with E-state index in [2.05, 4.69) is 88.7 Å². The first-order valence-corrected chi connectivity index (χ1v) is 10.1. The van der Waals surface area contributed by atoms with Crippen LogP contribution in [0.2, 0.25) is 5.02 Å². The van der Waals surface area contributed by atoms with Crippen LogP contribution < -0.4 is 0 Å². The third-order valence-electron chi connectivity index (χ3n) is 5.24. The van der Waals surface area contributed by atoms with Gasteiger partial charge in [0.2, 0.25) is 0 Å². The van der Waals surface area contributed by atoms with E-state index in [-0.39, 0.29) is 0 Å². The minimum absolute atomic E-state index is 0.764. The highest BCUT2D eigenvalue weighted by Gasteiger charge is 2.21. The molecule has 0 unspecified atom stereocenters. The molecule has 0 aromatic heterocycles. The van der Waals surface area contributed by atoms with Crippen molar-refractivity contribution in [2.75, 3.05) is 0 Å². The standard InChI is InChI=1S/C25H16BrCl/c26-21-10-13-24-20(15-21)14-19-2-1-3-23(25(19)24)18-6-4-16(5-7-18)17-8-11-22(27)12-9-17/h1-13,15H,14H2. The average Bonchev–Trinajstić information content (AvgIpc) is 3.06. The highest BCUT2D eigenvalue weighted by Crippen LogP contribution is 2.43. The van der Waals surface area contributed by atoms with E-state index in [1.807, 2.05) is 12.1 Å². The Balaban J connectivity index is 1.58. The second-order valence-electron chi connectivity index (χ2n) is 6.90. The van der Waals surface area contributed by atoms with Gasteiger partial charge < -0.3 is 0 Å². The fraction of sp³-hybridized carbons (Fsp3) is 0.0400. The number of halogens is 2. The van der Waals surface area contributed by atoms with Crippen molar-refractivity contribution in [3.63, 3.8) is 0 Å². The van der Waals surface area contributed by atoms with E-state index in [1.165, 1.54) is 44.5 Å². The molecule has 0 radical (unpaired) electrons. The maximum absolute atomic E-state index is 6.01. The van der Waals surface area contributed by atoms with Crippen LogP contribution in [0.5, 0.6) is 0 Å². The molecule has 1 aliphatic carbocycles. The first-order valence-electron chi connectivity index (χ1n) is 8.96. The Morgan fingerprint density at radius 3 is 2.04 bits per heavy atom. The predicted molar refractivity (Wildman–Crippen MR) is 118 cm³/mol. The van der Waals surface area contributed by atoms with Gasteiger partial charge in [-0.3, -0.25) is 0 Å². The predicted octanol–water partition coefficient (Wildman–Crippen LogP) is 8.01.